The summed E-state index contributed by atoms with van der Waals surface area (Å²) >= 11 is 0. The SMILES string of the molecule is C#CCCCNc1cc(F)ccc1F. The summed E-state index contributed by atoms with van der Waals surface area (Å²) in [7, 11) is 0. The third-order valence-electron chi connectivity index (χ3n) is 1.74. The van der Waals surface area contributed by atoms with Gasteiger partial charge in [0.2, 0.25) is 0 Å². The van der Waals surface area contributed by atoms with Crippen LogP contribution >= 0.6 is 0 Å². The molecule has 1 aromatic carbocycles. The van der Waals surface area contributed by atoms with Gasteiger partial charge < -0.3 is 5.32 Å². The van der Waals surface area contributed by atoms with Crippen LogP contribution in [0.2, 0.25) is 0 Å². The maximum absolute atomic E-state index is 13.0. The number of nitrogens with one attached hydrogen (secondary N) is 1. The number of benzene rings is 1. The van der Waals surface area contributed by atoms with Gasteiger partial charge in [-0.1, -0.05) is 0 Å². The van der Waals surface area contributed by atoms with E-state index >= 15 is 0 Å². The fourth-order valence-electron chi connectivity index (χ4n) is 1.05. The lowest BCUT2D eigenvalue weighted by Crippen LogP contribution is -2.03. The maximum Gasteiger partial charge on any atom is 0.146 e. The molecule has 0 aliphatic rings. The normalized spacial score (nSPS) is 9.50. The first-order chi connectivity index (χ1) is 6.74. The summed E-state index contributed by atoms with van der Waals surface area (Å²) in [5, 5.41) is 2.78. The zero-order chi connectivity index (χ0) is 10.4. The van der Waals surface area contributed by atoms with Crippen LogP contribution in [0.4, 0.5) is 14.5 Å². The molecule has 0 aliphatic heterocycles. The number of terminal acetylenes is 1. The molecule has 0 amide bonds. The Morgan fingerprint density at radius 1 is 1.36 bits per heavy atom. The van der Waals surface area contributed by atoms with Gasteiger partial charge in [0.25, 0.3) is 0 Å². The molecule has 74 valence electrons. The van der Waals surface area contributed by atoms with E-state index in [1.54, 1.807) is 0 Å². The highest BCUT2D eigenvalue weighted by molar-refractivity contribution is 5.44. The Hall–Kier alpha value is -1.56. The summed E-state index contributed by atoms with van der Waals surface area (Å²) in [5.41, 5.74) is 0.182. The number of anilines is 1. The smallest absolute Gasteiger partial charge is 0.146 e. The van der Waals surface area contributed by atoms with Gasteiger partial charge in [0.1, 0.15) is 11.6 Å². The third-order valence-corrected chi connectivity index (χ3v) is 1.74. The molecule has 1 nitrogen and oxygen atoms in total. The minimum atomic E-state index is -0.453. The van der Waals surface area contributed by atoms with Crippen LogP contribution < -0.4 is 5.32 Å². The minimum absolute atomic E-state index is 0.182. The van der Waals surface area contributed by atoms with Crippen LogP contribution in [0.3, 0.4) is 0 Å². The molecule has 0 heterocycles. The fraction of sp³-hybridized carbons (Fsp3) is 0.273. The second-order valence-corrected chi connectivity index (χ2v) is 2.86. The van der Waals surface area contributed by atoms with Gasteiger partial charge in [-0.25, -0.2) is 8.78 Å². The van der Waals surface area contributed by atoms with E-state index in [0.29, 0.717) is 13.0 Å². The maximum atomic E-state index is 13.0. The van der Waals surface area contributed by atoms with Crippen molar-refractivity contribution < 1.29 is 8.78 Å². The average Bonchev–Trinajstić information content (AvgIpc) is 2.18. The Morgan fingerprint density at radius 2 is 2.14 bits per heavy atom. The molecule has 3 heteroatoms. The van der Waals surface area contributed by atoms with Crippen molar-refractivity contribution in [2.75, 3.05) is 11.9 Å². The van der Waals surface area contributed by atoms with Gasteiger partial charge in [-0.3, -0.25) is 0 Å². The molecule has 0 aromatic heterocycles. The van der Waals surface area contributed by atoms with Crippen molar-refractivity contribution >= 4 is 5.69 Å². The van der Waals surface area contributed by atoms with Crippen molar-refractivity contribution in [2.45, 2.75) is 12.8 Å². The Labute approximate surface area is 82.1 Å². The molecule has 0 radical (unpaired) electrons. The standard InChI is InChI=1S/C11H11F2N/c1-2-3-4-7-14-11-8-9(12)5-6-10(11)13/h1,5-6,8,14H,3-4,7H2. The summed E-state index contributed by atoms with van der Waals surface area (Å²) < 4.78 is 25.7. The van der Waals surface area contributed by atoms with E-state index in [2.05, 4.69) is 11.2 Å². The number of halogens is 2. The van der Waals surface area contributed by atoms with Gasteiger partial charge >= 0.3 is 0 Å². The van der Waals surface area contributed by atoms with Gasteiger partial charge in [0.15, 0.2) is 0 Å². The lowest BCUT2D eigenvalue weighted by Gasteiger charge is -2.05. The van der Waals surface area contributed by atoms with E-state index < -0.39 is 11.6 Å². The Kier molecular flexibility index (Phi) is 3.93. The molecule has 14 heavy (non-hydrogen) atoms. The van der Waals surface area contributed by atoms with Gasteiger partial charge in [-0.15, -0.1) is 12.3 Å². The van der Waals surface area contributed by atoms with E-state index in [1.165, 1.54) is 0 Å². The van der Waals surface area contributed by atoms with Crippen molar-refractivity contribution in [2.24, 2.45) is 0 Å². The van der Waals surface area contributed by atoms with Crippen LogP contribution in [0.1, 0.15) is 12.8 Å². The molecule has 0 spiro atoms. The Balaban J connectivity index is 2.50. The number of unbranched alkanes of at least 4 members (excludes halogenated alkanes) is 1. The van der Waals surface area contributed by atoms with Crippen LogP contribution in [-0.4, -0.2) is 6.54 Å². The van der Waals surface area contributed by atoms with Gasteiger partial charge in [-0.2, -0.15) is 0 Å². The minimum Gasteiger partial charge on any atom is -0.383 e. The fourth-order valence-corrected chi connectivity index (χ4v) is 1.05. The molecular formula is C11H11F2N. The monoisotopic (exact) mass is 195 g/mol. The summed E-state index contributed by atoms with van der Waals surface area (Å²) in [6, 6.07) is 3.31. The molecule has 1 aromatic rings. The third kappa shape index (κ3) is 3.06. The first-order valence-electron chi connectivity index (χ1n) is 4.36. The van der Waals surface area contributed by atoms with E-state index in [4.69, 9.17) is 6.42 Å². The first-order valence-corrected chi connectivity index (χ1v) is 4.36. The topological polar surface area (TPSA) is 12.0 Å². The molecule has 0 saturated carbocycles. The first kappa shape index (κ1) is 10.5. The molecule has 0 bridgehead atoms. The van der Waals surface area contributed by atoms with Gasteiger partial charge in [0, 0.05) is 13.0 Å². The summed E-state index contributed by atoms with van der Waals surface area (Å²) in [6.45, 7) is 0.546. The summed E-state index contributed by atoms with van der Waals surface area (Å²) in [4.78, 5) is 0. The Morgan fingerprint density at radius 3 is 2.86 bits per heavy atom. The molecular weight excluding hydrogens is 184 g/mol. The summed E-state index contributed by atoms with van der Waals surface area (Å²) in [6.07, 6.45) is 6.42. The van der Waals surface area contributed by atoms with Gasteiger partial charge in [0.05, 0.1) is 5.69 Å². The second-order valence-electron chi connectivity index (χ2n) is 2.86. The summed E-state index contributed by atoms with van der Waals surface area (Å²) in [5.74, 6) is 1.57. The molecule has 0 aliphatic carbocycles. The molecule has 0 fully saturated rings. The van der Waals surface area contributed by atoms with Crippen molar-refractivity contribution in [1.29, 1.82) is 0 Å². The molecule has 1 rings (SSSR count). The Bertz CT molecular complexity index is 342. The van der Waals surface area contributed by atoms with Crippen LogP contribution in [-0.2, 0) is 0 Å². The van der Waals surface area contributed by atoms with E-state index in [0.717, 1.165) is 24.6 Å². The highest BCUT2D eigenvalue weighted by Gasteiger charge is 2.01. The number of rotatable bonds is 4. The average molecular weight is 195 g/mol. The lowest BCUT2D eigenvalue weighted by atomic mass is 10.2. The predicted molar refractivity (Wildman–Crippen MR) is 52.9 cm³/mol. The van der Waals surface area contributed by atoms with Crippen LogP contribution in [0.5, 0.6) is 0 Å². The van der Waals surface area contributed by atoms with Crippen molar-refractivity contribution in [1.82, 2.24) is 0 Å². The highest BCUT2D eigenvalue weighted by Crippen LogP contribution is 2.14. The largest absolute Gasteiger partial charge is 0.383 e. The van der Waals surface area contributed by atoms with Crippen LogP contribution in [0.25, 0.3) is 0 Å². The van der Waals surface area contributed by atoms with Crippen LogP contribution in [0, 0.1) is 24.0 Å². The predicted octanol–water partition coefficient (Wildman–Crippen LogP) is 2.79. The van der Waals surface area contributed by atoms with Crippen LogP contribution in [0.15, 0.2) is 18.2 Å². The van der Waals surface area contributed by atoms with Crippen molar-refractivity contribution in [3.63, 3.8) is 0 Å². The molecule has 0 unspecified atom stereocenters. The zero-order valence-electron chi connectivity index (χ0n) is 7.69. The van der Waals surface area contributed by atoms with Crippen molar-refractivity contribution in [3.05, 3.63) is 29.8 Å². The number of hydrogen-bond donors (Lipinski definition) is 1. The van der Waals surface area contributed by atoms with E-state index in [9.17, 15) is 8.78 Å². The second kappa shape index (κ2) is 5.23. The van der Waals surface area contributed by atoms with Gasteiger partial charge in [-0.05, 0) is 24.6 Å². The highest BCUT2D eigenvalue weighted by atomic mass is 19.1. The molecule has 0 saturated heterocycles. The molecule has 0 atom stereocenters. The van der Waals surface area contributed by atoms with Crippen molar-refractivity contribution in [3.8, 4) is 12.3 Å². The number of hydrogen-bond acceptors (Lipinski definition) is 1. The molecule has 1 N–H and O–H groups in total. The lowest BCUT2D eigenvalue weighted by molar-refractivity contribution is 0.602. The zero-order valence-corrected chi connectivity index (χ0v) is 7.69. The van der Waals surface area contributed by atoms with E-state index in [-0.39, 0.29) is 5.69 Å². The van der Waals surface area contributed by atoms with E-state index in [1.807, 2.05) is 0 Å². The quantitative estimate of drug-likeness (QED) is 0.575.